The van der Waals surface area contributed by atoms with Gasteiger partial charge in [-0.1, -0.05) is 43.8 Å². The zero-order chi connectivity index (χ0) is 20.1. The number of aryl methyl sites for hydroxylation is 1. The van der Waals surface area contributed by atoms with Crippen LogP contribution in [0.2, 0.25) is 0 Å². The smallest absolute Gasteiger partial charge is 0.234 e. The zero-order valence-corrected chi connectivity index (χ0v) is 17.2. The molecule has 0 aliphatic rings. The minimum absolute atomic E-state index is 0.118. The topological polar surface area (TPSA) is 81.9 Å². The standard InChI is InChI=1S/C20H23N5O2S/c1-13(2)15-6-8-16(9-7-15)21-19(26)12-28-20-22-23-24-25(20)17-11-14(3)5-10-18(17)27-4/h5-11,13H,12H2,1-4H3,(H,21,26). The Kier molecular flexibility index (Phi) is 6.30. The van der Waals surface area contributed by atoms with Crippen molar-refractivity contribution < 1.29 is 9.53 Å². The number of nitrogens with zero attached hydrogens (tertiary/aromatic N) is 4. The number of ether oxygens (including phenoxy) is 1. The first-order chi connectivity index (χ1) is 13.5. The summed E-state index contributed by atoms with van der Waals surface area (Å²) in [4.78, 5) is 12.3. The lowest BCUT2D eigenvalue weighted by Crippen LogP contribution is -2.14. The van der Waals surface area contributed by atoms with Gasteiger partial charge < -0.3 is 10.1 Å². The highest BCUT2D eigenvalue weighted by Crippen LogP contribution is 2.27. The van der Waals surface area contributed by atoms with Gasteiger partial charge in [-0.3, -0.25) is 4.79 Å². The number of methoxy groups -OCH3 is 1. The molecule has 0 spiro atoms. The summed E-state index contributed by atoms with van der Waals surface area (Å²) < 4.78 is 6.99. The molecule has 7 nitrogen and oxygen atoms in total. The fourth-order valence-electron chi connectivity index (χ4n) is 2.66. The van der Waals surface area contributed by atoms with Gasteiger partial charge in [-0.05, 0) is 58.7 Å². The van der Waals surface area contributed by atoms with E-state index in [4.69, 9.17) is 4.74 Å². The van der Waals surface area contributed by atoms with Crippen LogP contribution in [0, 0.1) is 6.92 Å². The van der Waals surface area contributed by atoms with Crippen LogP contribution in [-0.2, 0) is 4.79 Å². The summed E-state index contributed by atoms with van der Waals surface area (Å²) in [6, 6.07) is 13.6. The maximum absolute atomic E-state index is 12.3. The van der Waals surface area contributed by atoms with Crippen molar-refractivity contribution in [2.75, 3.05) is 18.2 Å². The number of nitrogens with one attached hydrogen (secondary N) is 1. The van der Waals surface area contributed by atoms with Crippen molar-refractivity contribution >= 4 is 23.4 Å². The molecule has 0 atom stereocenters. The molecule has 2 aromatic carbocycles. The molecular weight excluding hydrogens is 374 g/mol. The van der Waals surface area contributed by atoms with Crippen LogP contribution in [0.5, 0.6) is 5.75 Å². The second-order valence-corrected chi connectivity index (χ2v) is 7.60. The van der Waals surface area contributed by atoms with Gasteiger partial charge in [0.25, 0.3) is 0 Å². The molecule has 3 aromatic rings. The Labute approximate surface area is 168 Å². The van der Waals surface area contributed by atoms with E-state index >= 15 is 0 Å². The van der Waals surface area contributed by atoms with Crippen molar-refractivity contribution in [3.05, 3.63) is 53.6 Å². The molecule has 146 valence electrons. The SMILES string of the molecule is COc1ccc(C)cc1-n1nnnc1SCC(=O)Nc1ccc(C(C)C)cc1. The van der Waals surface area contributed by atoms with Gasteiger partial charge in [-0.25, -0.2) is 0 Å². The maximum Gasteiger partial charge on any atom is 0.234 e. The van der Waals surface area contributed by atoms with E-state index in [1.807, 2.05) is 49.4 Å². The molecule has 1 aromatic heterocycles. The second kappa shape index (κ2) is 8.88. The van der Waals surface area contributed by atoms with E-state index in [0.29, 0.717) is 16.8 Å². The largest absolute Gasteiger partial charge is 0.494 e. The Hall–Kier alpha value is -2.87. The van der Waals surface area contributed by atoms with Gasteiger partial charge in [0, 0.05) is 5.69 Å². The third-order valence-corrected chi connectivity index (χ3v) is 5.12. The first-order valence-electron chi connectivity index (χ1n) is 8.94. The van der Waals surface area contributed by atoms with Crippen molar-refractivity contribution in [3.8, 4) is 11.4 Å². The van der Waals surface area contributed by atoms with Crippen LogP contribution < -0.4 is 10.1 Å². The summed E-state index contributed by atoms with van der Waals surface area (Å²) >= 11 is 1.27. The number of benzene rings is 2. The Morgan fingerprint density at radius 1 is 1.21 bits per heavy atom. The number of thioether (sulfide) groups is 1. The first-order valence-corrected chi connectivity index (χ1v) is 9.92. The van der Waals surface area contributed by atoms with E-state index in [9.17, 15) is 4.79 Å². The fraction of sp³-hybridized carbons (Fsp3) is 0.300. The van der Waals surface area contributed by atoms with Crippen molar-refractivity contribution in [2.24, 2.45) is 0 Å². The molecule has 8 heteroatoms. The van der Waals surface area contributed by atoms with Crippen molar-refractivity contribution in [2.45, 2.75) is 31.8 Å². The molecular formula is C20H23N5O2S. The lowest BCUT2D eigenvalue weighted by molar-refractivity contribution is -0.113. The van der Waals surface area contributed by atoms with E-state index < -0.39 is 0 Å². The van der Waals surface area contributed by atoms with Crippen LogP contribution in [0.25, 0.3) is 5.69 Å². The molecule has 0 saturated heterocycles. The summed E-state index contributed by atoms with van der Waals surface area (Å²) in [5.41, 5.74) is 3.80. The normalized spacial score (nSPS) is 10.9. The lowest BCUT2D eigenvalue weighted by atomic mass is 10.0. The summed E-state index contributed by atoms with van der Waals surface area (Å²) in [6.07, 6.45) is 0. The molecule has 0 fully saturated rings. The number of anilines is 1. The van der Waals surface area contributed by atoms with Gasteiger partial charge in [0.1, 0.15) is 11.4 Å². The number of tetrazole rings is 1. The highest BCUT2D eigenvalue weighted by atomic mass is 32.2. The minimum atomic E-state index is -0.118. The van der Waals surface area contributed by atoms with Crippen LogP contribution in [0.4, 0.5) is 5.69 Å². The van der Waals surface area contributed by atoms with Gasteiger partial charge in [0.2, 0.25) is 11.1 Å². The average molecular weight is 398 g/mol. The van der Waals surface area contributed by atoms with E-state index in [2.05, 4.69) is 34.7 Å². The first kappa shape index (κ1) is 19.9. The molecule has 0 bridgehead atoms. The van der Waals surface area contributed by atoms with Gasteiger partial charge in [0.05, 0.1) is 12.9 Å². The quantitative estimate of drug-likeness (QED) is 0.610. The highest BCUT2D eigenvalue weighted by Gasteiger charge is 2.15. The average Bonchev–Trinajstić information content (AvgIpc) is 3.15. The van der Waals surface area contributed by atoms with Crippen LogP contribution in [0.3, 0.4) is 0 Å². The van der Waals surface area contributed by atoms with Crippen molar-refractivity contribution in [1.29, 1.82) is 0 Å². The highest BCUT2D eigenvalue weighted by molar-refractivity contribution is 7.99. The lowest BCUT2D eigenvalue weighted by Gasteiger charge is -2.10. The Bertz CT molecular complexity index is 953. The van der Waals surface area contributed by atoms with E-state index in [1.165, 1.54) is 17.3 Å². The zero-order valence-electron chi connectivity index (χ0n) is 16.3. The summed E-state index contributed by atoms with van der Waals surface area (Å²) in [5.74, 6) is 1.20. The molecule has 0 saturated carbocycles. The maximum atomic E-state index is 12.3. The monoisotopic (exact) mass is 397 g/mol. The third-order valence-electron chi connectivity index (χ3n) is 4.20. The summed E-state index contributed by atoms with van der Waals surface area (Å²) in [5, 5.41) is 15.3. The Morgan fingerprint density at radius 3 is 2.64 bits per heavy atom. The molecule has 1 amide bonds. The summed E-state index contributed by atoms with van der Waals surface area (Å²) in [6.45, 7) is 6.26. The fourth-order valence-corrected chi connectivity index (χ4v) is 3.35. The molecule has 1 N–H and O–H groups in total. The molecule has 0 aliphatic carbocycles. The number of carbonyl (C=O) groups excluding carboxylic acids is 1. The van der Waals surface area contributed by atoms with Gasteiger partial charge in [0.15, 0.2) is 0 Å². The van der Waals surface area contributed by atoms with E-state index in [0.717, 1.165) is 16.9 Å². The number of amides is 1. The van der Waals surface area contributed by atoms with Crippen molar-refractivity contribution in [1.82, 2.24) is 20.2 Å². The number of aromatic nitrogens is 4. The van der Waals surface area contributed by atoms with Crippen LogP contribution >= 0.6 is 11.8 Å². The number of hydrogen-bond donors (Lipinski definition) is 1. The van der Waals surface area contributed by atoms with Gasteiger partial charge in [-0.2, -0.15) is 4.68 Å². The van der Waals surface area contributed by atoms with Gasteiger partial charge >= 0.3 is 0 Å². The molecule has 0 unspecified atom stereocenters. The number of carbonyl (C=O) groups is 1. The summed E-state index contributed by atoms with van der Waals surface area (Å²) in [7, 11) is 1.60. The van der Waals surface area contributed by atoms with Crippen LogP contribution in [0.15, 0.2) is 47.6 Å². The van der Waals surface area contributed by atoms with E-state index in [1.54, 1.807) is 11.8 Å². The number of rotatable bonds is 7. The van der Waals surface area contributed by atoms with Gasteiger partial charge in [-0.15, -0.1) is 5.10 Å². The molecule has 1 heterocycles. The molecule has 28 heavy (non-hydrogen) atoms. The minimum Gasteiger partial charge on any atom is -0.494 e. The Morgan fingerprint density at radius 2 is 1.96 bits per heavy atom. The van der Waals surface area contributed by atoms with Crippen molar-refractivity contribution in [3.63, 3.8) is 0 Å². The molecule has 0 aliphatic heterocycles. The third kappa shape index (κ3) is 4.69. The Balaban J connectivity index is 1.67. The molecule has 3 rings (SSSR count). The predicted molar refractivity (Wildman–Crippen MR) is 110 cm³/mol. The van der Waals surface area contributed by atoms with E-state index in [-0.39, 0.29) is 11.7 Å². The van der Waals surface area contributed by atoms with Crippen LogP contribution in [0.1, 0.15) is 30.9 Å². The van der Waals surface area contributed by atoms with Crippen LogP contribution in [-0.4, -0.2) is 39.0 Å². The predicted octanol–water partition coefficient (Wildman–Crippen LogP) is 3.83. The second-order valence-electron chi connectivity index (χ2n) is 6.66. The number of hydrogen-bond acceptors (Lipinski definition) is 6. The molecule has 0 radical (unpaired) electrons.